The van der Waals surface area contributed by atoms with Gasteiger partial charge in [-0.1, -0.05) is 30.9 Å². The molecule has 114 valence electrons. The Morgan fingerprint density at radius 1 is 1.14 bits per heavy atom. The van der Waals surface area contributed by atoms with Gasteiger partial charge in [0.25, 0.3) is 0 Å². The lowest BCUT2D eigenvalue weighted by molar-refractivity contribution is -0.118. The molecule has 0 bridgehead atoms. The fourth-order valence-corrected chi connectivity index (χ4v) is 3.88. The molecule has 1 heterocycles. The first-order chi connectivity index (χ1) is 10.2. The van der Waals surface area contributed by atoms with Crippen LogP contribution in [-0.4, -0.2) is 30.4 Å². The van der Waals surface area contributed by atoms with Crippen LogP contribution >= 0.6 is 11.6 Å². The Kier molecular flexibility index (Phi) is 4.81. The molecule has 1 aliphatic carbocycles. The zero-order valence-electron chi connectivity index (χ0n) is 12.4. The molecule has 3 nitrogen and oxygen atoms in total. The monoisotopic (exact) mass is 306 g/mol. The largest absolute Gasteiger partial charge is 0.325 e. The molecular weight excluding hydrogens is 284 g/mol. The topological polar surface area (TPSA) is 32.3 Å². The van der Waals surface area contributed by atoms with Gasteiger partial charge in [-0.15, -0.1) is 0 Å². The number of piperidine rings is 1. The van der Waals surface area contributed by atoms with Crippen molar-refractivity contribution in [2.75, 3.05) is 25.0 Å². The van der Waals surface area contributed by atoms with Gasteiger partial charge in [0.2, 0.25) is 5.91 Å². The number of benzene rings is 1. The molecule has 1 aromatic rings. The second kappa shape index (κ2) is 6.80. The molecule has 1 saturated carbocycles. The van der Waals surface area contributed by atoms with Crippen LogP contribution in [0, 0.1) is 11.8 Å². The maximum absolute atomic E-state index is 12.1. The number of hydrogen-bond acceptors (Lipinski definition) is 2. The van der Waals surface area contributed by atoms with Crippen molar-refractivity contribution in [3.05, 3.63) is 29.3 Å². The number of rotatable bonds is 3. The van der Waals surface area contributed by atoms with E-state index in [-0.39, 0.29) is 5.91 Å². The van der Waals surface area contributed by atoms with Crippen molar-refractivity contribution in [1.82, 2.24) is 4.90 Å². The summed E-state index contributed by atoms with van der Waals surface area (Å²) in [6, 6.07) is 7.27. The molecule has 1 saturated heterocycles. The van der Waals surface area contributed by atoms with Crippen LogP contribution in [0.1, 0.15) is 32.1 Å². The Bertz CT molecular complexity index is 488. The summed E-state index contributed by atoms with van der Waals surface area (Å²) in [5.41, 5.74) is 0.817. The summed E-state index contributed by atoms with van der Waals surface area (Å²) in [5.74, 6) is 1.80. The first-order valence-corrected chi connectivity index (χ1v) is 8.36. The Labute approximate surface area is 131 Å². The van der Waals surface area contributed by atoms with Gasteiger partial charge < -0.3 is 5.32 Å². The Balaban J connectivity index is 1.49. The van der Waals surface area contributed by atoms with E-state index < -0.39 is 0 Å². The van der Waals surface area contributed by atoms with Crippen molar-refractivity contribution in [3.63, 3.8) is 0 Å². The highest BCUT2D eigenvalue weighted by Crippen LogP contribution is 2.35. The van der Waals surface area contributed by atoms with Gasteiger partial charge in [0.1, 0.15) is 0 Å². The number of hydrogen-bond donors (Lipinski definition) is 1. The molecule has 4 heteroatoms. The molecule has 21 heavy (non-hydrogen) atoms. The number of nitrogens with zero attached hydrogens (tertiary/aromatic N) is 1. The predicted molar refractivity (Wildman–Crippen MR) is 86.6 cm³/mol. The van der Waals surface area contributed by atoms with Gasteiger partial charge in [0.05, 0.1) is 6.54 Å². The summed E-state index contributed by atoms with van der Waals surface area (Å²) in [6.07, 6.45) is 6.78. The van der Waals surface area contributed by atoms with Gasteiger partial charge in [-0.3, -0.25) is 9.69 Å². The molecule has 1 aliphatic heterocycles. The third kappa shape index (κ3) is 3.98. The number of fused-ring (bicyclic) bond motifs is 1. The van der Waals surface area contributed by atoms with Crippen LogP contribution in [0.5, 0.6) is 0 Å². The van der Waals surface area contributed by atoms with Gasteiger partial charge in [0.15, 0.2) is 0 Å². The Hall–Kier alpha value is -1.06. The standard InChI is InChI=1S/C17H23ClN2O/c18-15-5-7-16(8-6-15)19-17(21)12-20-10-9-13-3-1-2-4-14(13)11-20/h5-8,13-14H,1-4,9-12H2,(H,19,21). The summed E-state index contributed by atoms with van der Waals surface area (Å²) >= 11 is 5.85. The molecule has 2 fully saturated rings. The second-order valence-electron chi connectivity index (χ2n) is 6.38. The molecule has 1 N–H and O–H groups in total. The number of halogens is 1. The highest BCUT2D eigenvalue weighted by atomic mass is 35.5. The van der Waals surface area contributed by atoms with Gasteiger partial charge in [-0.2, -0.15) is 0 Å². The highest BCUT2D eigenvalue weighted by Gasteiger charge is 2.31. The van der Waals surface area contributed by atoms with Gasteiger partial charge >= 0.3 is 0 Å². The number of amides is 1. The van der Waals surface area contributed by atoms with Crippen molar-refractivity contribution in [1.29, 1.82) is 0 Å². The van der Waals surface area contributed by atoms with Crippen molar-refractivity contribution in [2.45, 2.75) is 32.1 Å². The van der Waals surface area contributed by atoms with Crippen molar-refractivity contribution < 1.29 is 4.79 Å². The number of anilines is 1. The summed E-state index contributed by atoms with van der Waals surface area (Å²) in [4.78, 5) is 14.5. The minimum Gasteiger partial charge on any atom is -0.325 e. The normalized spacial score (nSPS) is 26.1. The fraction of sp³-hybridized carbons (Fsp3) is 0.588. The van der Waals surface area contributed by atoms with E-state index in [1.54, 1.807) is 12.1 Å². The highest BCUT2D eigenvalue weighted by molar-refractivity contribution is 6.30. The van der Waals surface area contributed by atoms with E-state index >= 15 is 0 Å². The van der Waals surface area contributed by atoms with E-state index in [9.17, 15) is 4.79 Å². The Morgan fingerprint density at radius 2 is 1.86 bits per heavy atom. The smallest absolute Gasteiger partial charge is 0.238 e. The van der Waals surface area contributed by atoms with Crippen molar-refractivity contribution >= 4 is 23.2 Å². The zero-order valence-corrected chi connectivity index (χ0v) is 13.1. The third-order valence-electron chi connectivity index (χ3n) is 4.87. The summed E-state index contributed by atoms with van der Waals surface area (Å²) in [6.45, 7) is 2.67. The first-order valence-electron chi connectivity index (χ1n) is 7.98. The lowest BCUT2D eigenvalue weighted by atomic mass is 9.75. The molecule has 0 radical (unpaired) electrons. The van der Waals surface area contributed by atoms with E-state index in [0.29, 0.717) is 11.6 Å². The SMILES string of the molecule is O=C(CN1CCC2CCCCC2C1)Nc1ccc(Cl)cc1. The second-order valence-corrected chi connectivity index (χ2v) is 6.82. The predicted octanol–water partition coefficient (Wildman–Crippen LogP) is 3.79. The lowest BCUT2D eigenvalue weighted by Crippen LogP contribution is -2.44. The minimum absolute atomic E-state index is 0.0755. The lowest BCUT2D eigenvalue weighted by Gasteiger charge is -2.41. The molecule has 2 atom stereocenters. The molecule has 2 aliphatic rings. The van der Waals surface area contributed by atoms with Crippen LogP contribution in [0.2, 0.25) is 5.02 Å². The molecule has 2 unspecified atom stereocenters. The van der Waals surface area contributed by atoms with E-state index in [2.05, 4.69) is 10.2 Å². The average Bonchev–Trinajstić information content (AvgIpc) is 2.49. The van der Waals surface area contributed by atoms with Crippen molar-refractivity contribution in [3.8, 4) is 0 Å². The summed E-state index contributed by atoms with van der Waals surface area (Å²) in [5, 5.41) is 3.64. The minimum atomic E-state index is 0.0755. The van der Waals surface area contributed by atoms with E-state index in [1.165, 1.54) is 32.1 Å². The Morgan fingerprint density at radius 3 is 2.62 bits per heavy atom. The van der Waals surface area contributed by atoms with Gasteiger partial charge in [-0.25, -0.2) is 0 Å². The molecule has 0 aromatic heterocycles. The number of likely N-dealkylation sites (tertiary alicyclic amines) is 1. The van der Waals surface area contributed by atoms with Crippen LogP contribution in [0.25, 0.3) is 0 Å². The maximum Gasteiger partial charge on any atom is 0.238 e. The van der Waals surface area contributed by atoms with E-state index in [4.69, 9.17) is 11.6 Å². The average molecular weight is 307 g/mol. The molecule has 3 rings (SSSR count). The number of carbonyl (C=O) groups excluding carboxylic acids is 1. The van der Waals surface area contributed by atoms with Crippen LogP contribution < -0.4 is 5.32 Å². The zero-order chi connectivity index (χ0) is 14.7. The van der Waals surface area contributed by atoms with Crippen LogP contribution in [-0.2, 0) is 4.79 Å². The summed E-state index contributed by atoms with van der Waals surface area (Å²) in [7, 11) is 0. The fourth-order valence-electron chi connectivity index (χ4n) is 3.76. The first kappa shape index (κ1) is 14.9. The number of carbonyl (C=O) groups is 1. The molecule has 0 spiro atoms. The van der Waals surface area contributed by atoms with Crippen LogP contribution in [0.15, 0.2) is 24.3 Å². The summed E-state index contributed by atoms with van der Waals surface area (Å²) < 4.78 is 0. The third-order valence-corrected chi connectivity index (χ3v) is 5.12. The molecular formula is C17H23ClN2O. The van der Waals surface area contributed by atoms with Crippen LogP contribution in [0.4, 0.5) is 5.69 Å². The van der Waals surface area contributed by atoms with Gasteiger partial charge in [0, 0.05) is 17.3 Å². The van der Waals surface area contributed by atoms with Gasteiger partial charge in [-0.05, 0) is 55.5 Å². The quantitative estimate of drug-likeness (QED) is 0.921. The number of nitrogens with one attached hydrogen (secondary N) is 1. The van der Waals surface area contributed by atoms with E-state index in [0.717, 1.165) is 30.6 Å². The van der Waals surface area contributed by atoms with Crippen molar-refractivity contribution in [2.24, 2.45) is 11.8 Å². The van der Waals surface area contributed by atoms with Crippen LogP contribution in [0.3, 0.4) is 0 Å². The maximum atomic E-state index is 12.1. The van der Waals surface area contributed by atoms with E-state index in [1.807, 2.05) is 12.1 Å². The molecule has 1 aromatic carbocycles. The molecule has 1 amide bonds.